The van der Waals surface area contributed by atoms with Crippen molar-refractivity contribution in [2.45, 2.75) is 25.4 Å². The number of anilines is 1. The number of likely N-dealkylation sites (N-methyl/N-ethyl adjacent to an activating group) is 1. The summed E-state index contributed by atoms with van der Waals surface area (Å²) in [6, 6.07) is -0.404. The first kappa shape index (κ1) is 17.6. The number of amides is 1. The summed E-state index contributed by atoms with van der Waals surface area (Å²) in [6.07, 6.45) is 2.36. The second kappa shape index (κ2) is 6.97. The summed E-state index contributed by atoms with van der Waals surface area (Å²) in [4.78, 5) is 23.1. The van der Waals surface area contributed by atoms with Crippen molar-refractivity contribution in [2.75, 3.05) is 49.6 Å². The number of piperazine rings is 1. The molecule has 2 atom stereocenters. The molecule has 0 aromatic carbocycles. The number of nitrogens with zero attached hydrogens (tertiary/aromatic N) is 4. The molecule has 3 rings (SSSR count). The van der Waals surface area contributed by atoms with Crippen LogP contribution >= 0.6 is 11.3 Å². The molecule has 0 bridgehead atoms. The van der Waals surface area contributed by atoms with Gasteiger partial charge < -0.3 is 9.80 Å². The SMILES string of the molecule is CC(C(=O)N(C)C1CCS(=O)(=O)C1)N1CCN(c2nccs2)CC1. The van der Waals surface area contributed by atoms with Crippen LogP contribution in [-0.4, -0.2) is 85.9 Å². The highest BCUT2D eigenvalue weighted by atomic mass is 32.2. The van der Waals surface area contributed by atoms with Gasteiger partial charge in [0.25, 0.3) is 0 Å². The van der Waals surface area contributed by atoms with Gasteiger partial charge in [-0.3, -0.25) is 9.69 Å². The number of hydrogen-bond acceptors (Lipinski definition) is 7. The fourth-order valence-electron chi connectivity index (χ4n) is 3.38. The van der Waals surface area contributed by atoms with Crippen LogP contribution in [0.4, 0.5) is 5.13 Å². The van der Waals surface area contributed by atoms with Crippen molar-refractivity contribution in [2.24, 2.45) is 0 Å². The van der Waals surface area contributed by atoms with Gasteiger partial charge in [-0.2, -0.15) is 0 Å². The molecule has 0 radical (unpaired) electrons. The summed E-state index contributed by atoms with van der Waals surface area (Å²) in [5.74, 6) is 0.301. The smallest absolute Gasteiger partial charge is 0.239 e. The molecule has 0 N–H and O–H groups in total. The van der Waals surface area contributed by atoms with Crippen LogP contribution in [0.5, 0.6) is 0 Å². The van der Waals surface area contributed by atoms with Gasteiger partial charge in [-0.1, -0.05) is 0 Å². The van der Waals surface area contributed by atoms with E-state index in [4.69, 9.17) is 0 Å². The summed E-state index contributed by atoms with van der Waals surface area (Å²) in [7, 11) is -1.24. The van der Waals surface area contributed by atoms with Crippen LogP contribution in [0.2, 0.25) is 0 Å². The lowest BCUT2D eigenvalue weighted by molar-refractivity contribution is -0.136. The fraction of sp³-hybridized carbons (Fsp3) is 0.733. The number of thiazole rings is 1. The maximum atomic E-state index is 12.7. The normalized spacial score (nSPS) is 25.6. The molecule has 2 saturated heterocycles. The molecular formula is C15H24N4O3S2. The van der Waals surface area contributed by atoms with E-state index >= 15 is 0 Å². The molecule has 3 heterocycles. The fourth-order valence-corrected chi connectivity index (χ4v) is 5.86. The maximum absolute atomic E-state index is 12.7. The zero-order valence-corrected chi connectivity index (χ0v) is 15.7. The average molecular weight is 373 g/mol. The lowest BCUT2D eigenvalue weighted by Gasteiger charge is -2.39. The highest BCUT2D eigenvalue weighted by Crippen LogP contribution is 2.21. The number of carbonyl (C=O) groups is 1. The largest absolute Gasteiger partial charge is 0.346 e. The minimum Gasteiger partial charge on any atom is -0.346 e. The maximum Gasteiger partial charge on any atom is 0.239 e. The van der Waals surface area contributed by atoms with E-state index in [0.717, 1.165) is 31.3 Å². The first-order chi connectivity index (χ1) is 11.4. The number of hydrogen-bond donors (Lipinski definition) is 0. The predicted octanol–water partition coefficient (Wildman–Crippen LogP) is 0.299. The van der Waals surface area contributed by atoms with Gasteiger partial charge in [0.05, 0.1) is 17.5 Å². The topological polar surface area (TPSA) is 73.8 Å². The number of sulfone groups is 1. The van der Waals surface area contributed by atoms with Gasteiger partial charge in [0, 0.05) is 50.8 Å². The van der Waals surface area contributed by atoms with Crippen LogP contribution in [0.15, 0.2) is 11.6 Å². The molecule has 0 aliphatic carbocycles. The van der Waals surface area contributed by atoms with Crippen LogP contribution in [0.1, 0.15) is 13.3 Å². The molecule has 1 aromatic heterocycles. The zero-order chi connectivity index (χ0) is 17.3. The predicted molar refractivity (Wildman–Crippen MR) is 95.2 cm³/mol. The van der Waals surface area contributed by atoms with Crippen molar-refractivity contribution < 1.29 is 13.2 Å². The summed E-state index contributed by atoms with van der Waals surface area (Å²) >= 11 is 1.63. The molecule has 2 unspecified atom stereocenters. The Morgan fingerprint density at radius 1 is 1.38 bits per heavy atom. The molecule has 24 heavy (non-hydrogen) atoms. The molecule has 2 aliphatic heterocycles. The Morgan fingerprint density at radius 3 is 2.62 bits per heavy atom. The van der Waals surface area contributed by atoms with Gasteiger partial charge in [0.1, 0.15) is 0 Å². The standard InChI is InChI=1S/C15H24N4O3S2/c1-12(14(20)17(2)13-3-10-24(21,22)11-13)18-5-7-19(8-6-18)15-16-4-9-23-15/h4,9,12-13H,3,5-8,10-11H2,1-2H3. The van der Waals surface area contributed by atoms with Crippen molar-refractivity contribution >= 4 is 32.2 Å². The molecule has 9 heteroatoms. The van der Waals surface area contributed by atoms with Crippen LogP contribution in [0.25, 0.3) is 0 Å². The van der Waals surface area contributed by atoms with E-state index in [0.29, 0.717) is 6.42 Å². The first-order valence-corrected chi connectivity index (χ1v) is 10.9. The first-order valence-electron chi connectivity index (χ1n) is 8.23. The number of rotatable bonds is 4. The van der Waals surface area contributed by atoms with Crippen molar-refractivity contribution in [3.63, 3.8) is 0 Å². The van der Waals surface area contributed by atoms with Gasteiger partial charge in [0.2, 0.25) is 5.91 Å². The second-order valence-corrected chi connectivity index (χ2v) is 9.62. The molecule has 134 valence electrons. The lowest BCUT2D eigenvalue weighted by atomic mass is 10.1. The van der Waals surface area contributed by atoms with Gasteiger partial charge in [-0.15, -0.1) is 11.3 Å². The lowest BCUT2D eigenvalue weighted by Crippen LogP contribution is -2.55. The summed E-state index contributed by atoms with van der Waals surface area (Å²) in [5.41, 5.74) is 0. The number of carbonyl (C=O) groups excluding carboxylic acids is 1. The third kappa shape index (κ3) is 3.73. The van der Waals surface area contributed by atoms with Gasteiger partial charge in [-0.25, -0.2) is 13.4 Å². The van der Waals surface area contributed by atoms with Crippen molar-refractivity contribution in [1.29, 1.82) is 0 Å². The van der Waals surface area contributed by atoms with Crippen LogP contribution in [-0.2, 0) is 14.6 Å². The third-order valence-electron chi connectivity index (χ3n) is 5.01. The van der Waals surface area contributed by atoms with E-state index in [2.05, 4.69) is 14.8 Å². The molecule has 1 aromatic rings. The van der Waals surface area contributed by atoms with Gasteiger partial charge in [-0.05, 0) is 13.3 Å². The van der Waals surface area contributed by atoms with E-state index in [1.165, 1.54) is 0 Å². The Balaban J connectivity index is 1.55. The Kier molecular flexibility index (Phi) is 5.12. The number of aromatic nitrogens is 1. The molecule has 2 fully saturated rings. The highest BCUT2D eigenvalue weighted by molar-refractivity contribution is 7.91. The highest BCUT2D eigenvalue weighted by Gasteiger charge is 2.36. The van der Waals surface area contributed by atoms with E-state index in [-0.39, 0.29) is 29.5 Å². The molecule has 0 spiro atoms. The van der Waals surface area contributed by atoms with Crippen molar-refractivity contribution in [3.05, 3.63) is 11.6 Å². The molecule has 0 saturated carbocycles. The molecule has 7 nitrogen and oxygen atoms in total. The molecular weight excluding hydrogens is 348 g/mol. The van der Waals surface area contributed by atoms with Crippen molar-refractivity contribution in [3.8, 4) is 0 Å². The van der Waals surface area contributed by atoms with Crippen molar-refractivity contribution in [1.82, 2.24) is 14.8 Å². The van der Waals surface area contributed by atoms with Crippen LogP contribution in [0, 0.1) is 0 Å². The monoisotopic (exact) mass is 372 g/mol. The third-order valence-corrected chi connectivity index (χ3v) is 7.60. The summed E-state index contributed by atoms with van der Waals surface area (Å²) in [6.45, 7) is 5.24. The Labute approximate surface area is 147 Å². The van der Waals surface area contributed by atoms with Gasteiger partial charge in [0.15, 0.2) is 15.0 Å². The summed E-state index contributed by atoms with van der Waals surface area (Å²) in [5, 5.41) is 3.00. The van der Waals surface area contributed by atoms with Gasteiger partial charge >= 0.3 is 0 Å². The van der Waals surface area contributed by atoms with Crippen LogP contribution in [0.3, 0.4) is 0 Å². The Morgan fingerprint density at radius 2 is 2.08 bits per heavy atom. The molecule has 2 aliphatic rings. The molecule has 1 amide bonds. The van der Waals surface area contributed by atoms with Crippen LogP contribution < -0.4 is 4.90 Å². The minimum absolute atomic E-state index is 0.0137. The van der Waals surface area contributed by atoms with E-state index in [9.17, 15) is 13.2 Å². The van der Waals surface area contributed by atoms with E-state index < -0.39 is 9.84 Å². The summed E-state index contributed by atoms with van der Waals surface area (Å²) < 4.78 is 23.3. The quantitative estimate of drug-likeness (QED) is 0.757. The van der Waals surface area contributed by atoms with E-state index in [1.54, 1.807) is 23.3 Å². The van der Waals surface area contributed by atoms with E-state index in [1.807, 2.05) is 18.5 Å². The Hall–Kier alpha value is -1.19. The second-order valence-electron chi connectivity index (χ2n) is 6.52. The average Bonchev–Trinajstić information content (AvgIpc) is 3.22. The zero-order valence-electron chi connectivity index (χ0n) is 14.1. The minimum atomic E-state index is -2.98. The Bertz CT molecular complexity index is 669.